The number of thiol groups is 1. The zero-order chi connectivity index (χ0) is 14.5. The lowest BCUT2D eigenvalue weighted by Crippen LogP contribution is -2.31. The molecule has 0 N–H and O–H groups in total. The second-order valence-electron chi connectivity index (χ2n) is 6.53. The minimum absolute atomic E-state index is 0.0206. The number of hydrogen-bond donors (Lipinski definition) is 1. The number of esters is 1. The predicted molar refractivity (Wildman–Crippen MR) is 82.8 cm³/mol. The predicted octanol–water partition coefficient (Wildman–Crippen LogP) is 3.96. The summed E-state index contributed by atoms with van der Waals surface area (Å²) in [5, 5.41) is 0. The molecule has 0 bridgehead atoms. The summed E-state index contributed by atoms with van der Waals surface area (Å²) in [5.74, 6) is 0.909. The second kappa shape index (κ2) is 7.69. The van der Waals surface area contributed by atoms with E-state index >= 15 is 0 Å². The number of carbonyl (C=O) groups is 1. The summed E-state index contributed by atoms with van der Waals surface area (Å²) in [6.45, 7) is 4.22. The van der Waals surface area contributed by atoms with E-state index in [0.717, 1.165) is 44.4 Å². The van der Waals surface area contributed by atoms with Gasteiger partial charge in [0.1, 0.15) is 6.10 Å². The summed E-state index contributed by atoms with van der Waals surface area (Å²) >= 11 is 4.25. The highest BCUT2D eigenvalue weighted by molar-refractivity contribution is 7.80. The zero-order valence-electron chi connectivity index (χ0n) is 12.7. The van der Waals surface area contributed by atoms with E-state index in [-0.39, 0.29) is 29.5 Å². The van der Waals surface area contributed by atoms with Crippen molar-refractivity contribution in [3.05, 3.63) is 0 Å². The molecule has 0 spiro atoms. The molecule has 0 radical (unpaired) electrons. The van der Waals surface area contributed by atoms with Gasteiger partial charge in [0.25, 0.3) is 0 Å². The first kappa shape index (κ1) is 16.2. The first-order valence-corrected chi connectivity index (χ1v) is 8.60. The average molecular weight is 300 g/mol. The molecule has 0 heterocycles. The maximum absolute atomic E-state index is 12.2. The maximum atomic E-state index is 12.2. The highest BCUT2D eigenvalue weighted by Gasteiger charge is 2.30. The first-order chi connectivity index (χ1) is 9.54. The molecule has 2 fully saturated rings. The van der Waals surface area contributed by atoms with Gasteiger partial charge in [0.15, 0.2) is 0 Å². The number of carbonyl (C=O) groups excluding carboxylic acids is 1. The zero-order valence-corrected chi connectivity index (χ0v) is 13.6. The molecule has 0 amide bonds. The molecule has 0 aromatic carbocycles. The molecule has 116 valence electrons. The molecule has 1 atom stereocenters. The van der Waals surface area contributed by atoms with Gasteiger partial charge in [-0.1, -0.05) is 6.92 Å². The summed E-state index contributed by atoms with van der Waals surface area (Å²) in [6, 6.07) is 0. The van der Waals surface area contributed by atoms with Crippen molar-refractivity contribution in [2.75, 3.05) is 0 Å². The van der Waals surface area contributed by atoms with Crippen LogP contribution in [0.25, 0.3) is 0 Å². The molecule has 20 heavy (non-hydrogen) atoms. The SMILES string of the molecule is CC1CCC(OC(=O)C2CCC(OC(C)S)CC2)CC1. The van der Waals surface area contributed by atoms with Gasteiger partial charge in [0.05, 0.1) is 17.5 Å². The molecule has 2 aliphatic carbocycles. The molecular formula is C16H28O3S. The van der Waals surface area contributed by atoms with Crippen molar-refractivity contribution >= 4 is 18.6 Å². The largest absolute Gasteiger partial charge is 0.462 e. The summed E-state index contributed by atoms with van der Waals surface area (Å²) in [4.78, 5) is 12.2. The molecule has 0 aromatic heterocycles. The fraction of sp³-hybridized carbons (Fsp3) is 0.938. The molecule has 0 saturated heterocycles. The van der Waals surface area contributed by atoms with E-state index in [4.69, 9.17) is 9.47 Å². The number of rotatable bonds is 4. The van der Waals surface area contributed by atoms with Crippen molar-refractivity contribution in [2.24, 2.45) is 11.8 Å². The van der Waals surface area contributed by atoms with Crippen molar-refractivity contribution in [3.63, 3.8) is 0 Å². The Morgan fingerprint density at radius 1 is 1.00 bits per heavy atom. The van der Waals surface area contributed by atoms with Crippen LogP contribution in [-0.4, -0.2) is 23.6 Å². The highest BCUT2D eigenvalue weighted by Crippen LogP contribution is 2.31. The van der Waals surface area contributed by atoms with Crippen molar-refractivity contribution in [1.29, 1.82) is 0 Å². The van der Waals surface area contributed by atoms with Gasteiger partial charge >= 0.3 is 5.97 Å². The van der Waals surface area contributed by atoms with Gasteiger partial charge in [-0.05, 0) is 64.2 Å². The van der Waals surface area contributed by atoms with E-state index in [0.29, 0.717) is 0 Å². The van der Waals surface area contributed by atoms with Crippen LogP contribution in [0.4, 0.5) is 0 Å². The molecular weight excluding hydrogens is 272 g/mol. The summed E-state index contributed by atoms with van der Waals surface area (Å²) in [5.41, 5.74) is -0.0206. The number of hydrogen-bond acceptors (Lipinski definition) is 4. The molecule has 2 saturated carbocycles. The van der Waals surface area contributed by atoms with E-state index in [1.807, 2.05) is 6.92 Å². The fourth-order valence-electron chi connectivity index (χ4n) is 3.32. The Bertz CT molecular complexity index is 303. The van der Waals surface area contributed by atoms with Crippen LogP contribution < -0.4 is 0 Å². The molecule has 1 unspecified atom stereocenters. The molecule has 3 nitrogen and oxygen atoms in total. The Hall–Kier alpha value is -0.220. The third kappa shape index (κ3) is 4.96. The molecule has 4 heteroatoms. The van der Waals surface area contributed by atoms with Gasteiger partial charge in [-0.3, -0.25) is 4.79 Å². The van der Waals surface area contributed by atoms with Crippen LogP contribution >= 0.6 is 12.6 Å². The van der Waals surface area contributed by atoms with Gasteiger partial charge in [-0.2, -0.15) is 0 Å². The Balaban J connectivity index is 1.69. The Kier molecular flexibility index (Phi) is 6.21. The molecule has 2 rings (SSSR count). The normalized spacial score (nSPS) is 36.4. The van der Waals surface area contributed by atoms with Crippen LogP contribution in [0.5, 0.6) is 0 Å². The van der Waals surface area contributed by atoms with Crippen LogP contribution in [0.3, 0.4) is 0 Å². The lowest BCUT2D eigenvalue weighted by molar-refractivity contribution is -0.158. The monoisotopic (exact) mass is 300 g/mol. The van der Waals surface area contributed by atoms with E-state index in [1.165, 1.54) is 12.8 Å². The van der Waals surface area contributed by atoms with Crippen LogP contribution in [0.1, 0.15) is 65.2 Å². The van der Waals surface area contributed by atoms with Gasteiger partial charge in [0, 0.05) is 0 Å². The fourth-order valence-corrected chi connectivity index (χ4v) is 3.49. The standard InChI is InChI=1S/C16H28O3S/c1-11-3-7-15(8-4-11)19-16(17)13-5-9-14(10-6-13)18-12(2)20/h11-15,20H,3-10H2,1-2H3. The van der Waals surface area contributed by atoms with Crippen LogP contribution in [-0.2, 0) is 14.3 Å². The van der Waals surface area contributed by atoms with Crippen LogP contribution in [0.2, 0.25) is 0 Å². The summed E-state index contributed by atoms with van der Waals surface area (Å²) in [6.07, 6.45) is 8.60. The third-order valence-corrected chi connectivity index (χ3v) is 4.76. The van der Waals surface area contributed by atoms with Gasteiger partial charge < -0.3 is 9.47 Å². The highest BCUT2D eigenvalue weighted by atomic mass is 32.1. The Labute approximate surface area is 128 Å². The van der Waals surface area contributed by atoms with Crippen molar-refractivity contribution < 1.29 is 14.3 Å². The molecule has 0 aliphatic heterocycles. The third-order valence-electron chi connectivity index (χ3n) is 4.64. The lowest BCUT2D eigenvalue weighted by atomic mass is 9.86. The topological polar surface area (TPSA) is 35.5 Å². The lowest BCUT2D eigenvalue weighted by Gasteiger charge is -2.31. The second-order valence-corrected chi connectivity index (χ2v) is 7.26. The minimum Gasteiger partial charge on any atom is -0.462 e. The smallest absolute Gasteiger partial charge is 0.309 e. The van der Waals surface area contributed by atoms with Gasteiger partial charge in [-0.25, -0.2) is 0 Å². The van der Waals surface area contributed by atoms with E-state index < -0.39 is 0 Å². The van der Waals surface area contributed by atoms with Crippen molar-refractivity contribution in [3.8, 4) is 0 Å². The van der Waals surface area contributed by atoms with E-state index in [2.05, 4.69) is 19.6 Å². The van der Waals surface area contributed by atoms with Crippen LogP contribution in [0.15, 0.2) is 0 Å². The Morgan fingerprint density at radius 2 is 1.55 bits per heavy atom. The average Bonchev–Trinajstić information content (AvgIpc) is 2.41. The minimum atomic E-state index is -0.0206. The van der Waals surface area contributed by atoms with Crippen molar-refractivity contribution in [2.45, 2.75) is 82.9 Å². The Morgan fingerprint density at radius 3 is 2.10 bits per heavy atom. The summed E-state index contributed by atoms with van der Waals surface area (Å²) in [7, 11) is 0. The van der Waals surface area contributed by atoms with Crippen LogP contribution in [0, 0.1) is 11.8 Å². The molecule has 2 aliphatic rings. The van der Waals surface area contributed by atoms with E-state index in [1.54, 1.807) is 0 Å². The van der Waals surface area contributed by atoms with Gasteiger partial charge in [-0.15, -0.1) is 12.6 Å². The quantitative estimate of drug-likeness (QED) is 0.485. The van der Waals surface area contributed by atoms with Crippen molar-refractivity contribution in [1.82, 2.24) is 0 Å². The maximum Gasteiger partial charge on any atom is 0.309 e. The van der Waals surface area contributed by atoms with Gasteiger partial charge in [0.2, 0.25) is 0 Å². The molecule has 0 aromatic rings. The van der Waals surface area contributed by atoms with E-state index in [9.17, 15) is 4.79 Å². The summed E-state index contributed by atoms with van der Waals surface area (Å²) < 4.78 is 11.4. The number of ether oxygens (including phenoxy) is 2. The first-order valence-electron chi connectivity index (χ1n) is 8.08.